The summed E-state index contributed by atoms with van der Waals surface area (Å²) in [6.45, 7) is 2.03. The van der Waals surface area contributed by atoms with E-state index in [-0.39, 0.29) is 17.5 Å². The molecule has 6 atom stereocenters. The molecule has 4 aliphatic rings. The predicted molar refractivity (Wildman–Crippen MR) is 63.0 cm³/mol. The molecular weight excluding hydrogens is 232 g/mol. The smallest absolute Gasteiger partial charge is 0.312 e. The van der Waals surface area contributed by atoms with E-state index in [0.717, 1.165) is 38.5 Å². The van der Waals surface area contributed by atoms with Gasteiger partial charge in [0.15, 0.2) is 0 Å². The second kappa shape index (κ2) is 3.70. The Labute approximate surface area is 107 Å². The van der Waals surface area contributed by atoms with Crippen molar-refractivity contribution in [2.75, 3.05) is 0 Å². The minimum atomic E-state index is -0.321. The summed E-state index contributed by atoms with van der Waals surface area (Å²) in [6.07, 6.45) is 7.32. The molecule has 2 heterocycles. The lowest BCUT2D eigenvalue weighted by molar-refractivity contribution is -0.163. The van der Waals surface area contributed by atoms with Crippen LogP contribution in [-0.2, 0) is 19.0 Å². The molecule has 0 bridgehead atoms. The van der Waals surface area contributed by atoms with Crippen molar-refractivity contribution in [3.63, 3.8) is 0 Å². The van der Waals surface area contributed by atoms with Crippen molar-refractivity contribution >= 4 is 5.97 Å². The fourth-order valence-electron chi connectivity index (χ4n) is 3.57. The molecule has 2 saturated carbocycles. The highest BCUT2D eigenvalue weighted by atomic mass is 16.6. The highest BCUT2D eigenvalue weighted by Crippen LogP contribution is 2.47. The standard InChI is InChI=1S/C14H20O4/c1-14(5-4-10-12(7-14)18-10)13(15)16-8-2-3-9-11(6-8)17-9/h8-12H,2-7H2,1H3. The van der Waals surface area contributed by atoms with Gasteiger partial charge in [-0.3, -0.25) is 4.79 Å². The number of epoxide rings is 2. The van der Waals surface area contributed by atoms with Crippen molar-refractivity contribution in [1.29, 1.82) is 0 Å². The lowest BCUT2D eigenvalue weighted by atomic mass is 9.76. The van der Waals surface area contributed by atoms with Crippen molar-refractivity contribution in [2.45, 2.75) is 76.0 Å². The van der Waals surface area contributed by atoms with Crippen LogP contribution in [-0.4, -0.2) is 36.5 Å². The highest BCUT2D eigenvalue weighted by Gasteiger charge is 2.53. The number of hydrogen-bond acceptors (Lipinski definition) is 4. The zero-order valence-corrected chi connectivity index (χ0v) is 10.8. The lowest BCUT2D eigenvalue weighted by Crippen LogP contribution is -2.38. The van der Waals surface area contributed by atoms with E-state index in [0.29, 0.717) is 24.4 Å². The van der Waals surface area contributed by atoms with Crippen LogP contribution in [0.25, 0.3) is 0 Å². The first kappa shape index (κ1) is 11.2. The molecule has 100 valence electrons. The Bertz CT molecular complexity index is 382. The summed E-state index contributed by atoms with van der Waals surface area (Å²) in [7, 11) is 0. The van der Waals surface area contributed by atoms with Crippen molar-refractivity contribution < 1.29 is 19.0 Å². The Kier molecular flexibility index (Phi) is 2.31. The number of fused-ring (bicyclic) bond motifs is 2. The maximum absolute atomic E-state index is 12.4. The fraction of sp³-hybridized carbons (Fsp3) is 0.929. The van der Waals surface area contributed by atoms with Gasteiger partial charge < -0.3 is 14.2 Å². The first-order valence-electron chi connectivity index (χ1n) is 7.16. The number of carbonyl (C=O) groups is 1. The van der Waals surface area contributed by atoms with E-state index in [2.05, 4.69) is 0 Å². The predicted octanol–water partition coefficient (Wildman–Crippen LogP) is 1.81. The van der Waals surface area contributed by atoms with Crippen LogP contribution in [0, 0.1) is 5.41 Å². The first-order valence-corrected chi connectivity index (χ1v) is 7.16. The molecule has 4 heteroatoms. The number of ether oxygens (including phenoxy) is 3. The van der Waals surface area contributed by atoms with E-state index in [1.165, 1.54) is 0 Å². The monoisotopic (exact) mass is 252 g/mol. The molecule has 0 aromatic rings. The highest BCUT2D eigenvalue weighted by molar-refractivity contribution is 5.77. The summed E-state index contributed by atoms with van der Waals surface area (Å²) in [6, 6.07) is 0. The van der Waals surface area contributed by atoms with Gasteiger partial charge in [0.2, 0.25) is 0 Å². The molecule has 2 aliphatic heterocycles. The van der Waals surface area contributed by atoms with E-state index in [9.17, 15) is 4.79 Å². The molecule has 0 aromatic heterocycles. The summed E-state index contributed by atoms with van der Waals surface area (Å²) < 4.78 is 16.7. The zero-order chi connectivity index (χ0) is 12.3. The Hall–Kier alpha value is -0.610. The van der Waals surface area contributed by atoms with Gasteiger partial charge in [0, 0.05) is 6.42 Å². The van der Waals surface area contributed by atoms with E-state index >= 15 is 0 Å². The van der Waals surface area contributed by atoms with Gasteiger partial charge in [0.05, 0.1) is 29.8 Å². The van der Waals surface area contributed by atoms with Crippen LogP contribution in [0.1, 0.15) is 45.4 Å². The molecule has 0 amide bonds. The van der Waals surface area contributed by atoms with Crippen molar-refractivity contribution in [1.82, 2.24) is 0 Å². The third-order valence-corrected chi connectivity index (χ3v) is 5.04. The minimum Gasteiger partial charge on any atom is -0.462 e. The molecule has 0 spiro atoms. The Balaban J connectivity index is 1.36. The SMILES string of the molecule is CC1(C(=O)OC2CCC3OC3C2)CCC2OC2C1. The number of rotatable bonds is 2. The van der Waals surface area contributed by atoms with Crippen molar-refractivity contribution in [3.8, 4) is 0 Å². The van der Waals surface area contributed by atoms with Gasteiger partial charge in [0.25, 0.3) is 0 Å². The Morgan fingerprint density at radius 3 is 2.67 bits per heavy atom. The van der Waals surface area contributed by atoms with Crippen LogP contribution in [0.5, 0.6) is 0 Å². The van der Waals surface area contributed by atoms with E-state index < -0.39 is 0 Å². The van der Waals surface area contributed by atoms with Crippen LogP contribution >= 0.6 is 0 Å². The van der Waals surface area contributed by atoms with Crippen LogP contribution in [0.3, 0.4) is 0 Å². The van der Waals surface area contributed by atoms with Crippen LogP contribution in [0.4, 0.5) is 0 Å². The number of esters is 1. The Morgan fingerprint density at radius 1 is 1.11 bits per heavy atom. The zero-order valence-electron chi connectivity index (χ0n) is 10.8. The van der Waals surface area contributed by atoms with Gasteiger partial charge in [0.1, 0.15) is 6.10 Å². The average Bonchev–Trinajstić information content (AvgIpc) is 3.22. The first-order chi connectivity index (χ1) is 8.64. The van der Waals surface area contributed by atoms with Crippen LogP contribution in [0.2, 0.25) is 0 Å². The maximum atomic E-state index is 12.4. The largest absolute Gasteiger partial charge is 0.462 e. The van der Waals surface area contributed by atoms with Gasteiger partial charge in [-0.25, -0.2) is 0 Å². The third-order valence-electron chi connectivity index (χ3n) is 5.04. The fourth-order valence-corrected chi connectivity index (χ4v) is 3.57. The molecule has 0 aromatic carbocycles. The third kappa shape index (κ3) is 1.86. The molecule has 4 rings (SSSR count). The molecule has 4 fully saturated rings. The molecule has 18 heavy (non-hydrogen) atoms. The summed E-state index contributed by atoms with van der Waals surface area (Å²) in [5.41, 5.74) is -0.321. The second-order valence-corrected chi connectivity index (χ2v) is 6.57. The van der Waals surface area contributed by atoms with E-state index in [1.807, 2.05) is 6.92 Å². The van der Waals surface area contributed by atoms with Crippen molar-refractivity contribution in [2.24, 2.45) is 5.41 Å². The maximum Gasteiger partial charge on any atom is 0.312 e. The van der Waals surface area contributed by atoms with Gasteiger partial charge in [-0.15, -0.1) is 0 Å². The van der Waals surface area contributed by atoms with Gasteiger partial charge in [-0.05, 0) is 39.0 Å². The van der Waals surface area contributed by atoms with Gasteiger partial charge in [-0.1, -0.05) is 0 Å². The molecule has 2 aliphatic carbocycles. The number of carbonyl (C=O) groups excluding carboxylic acids is 1. The average molecular weight is 252 g/mol. The summed E-state index contributed by atoms with van der Waals surface area (Å²) in [5, 5.41) is 0. The summed E-state index contributed by atoms with van der Waals surface area (Å²) >= 11 is 0. The Morgan fingerprint density at radius 2 is 1.89 bits per heavy atom. The molecule has 0 radical (unpaired) electrons. The van der Waals surface area contributed by atoms with E-state index in [1.54, 1.807) is 0 Å². The van der Waals surface area contributed by atoms with Gasteiger partial charge >= 0.3 is 5.97 Å². The molecule has 6 unspecified atom stereocenters. The lowest BCUT2D eigenvalue weighted by Gasteiger charge is -2.31. The van der Waals surface area contributed by atoms with E-state index in [4.69, 9.17) is 14.2 Å². The van der Waals surface area contributed by atoms with Crippen LogP contribution in [0.15, 0.2) is 0 Å². The van der Waals surface area contributed by atoms with Gasteiger partial charge in [-0.2, -0.15) is 0 Å². The summed E-state index contributed by atoms with van der Waals surface area (Å²) in [5.74, 6) is -0.0134. The number of hydrogen-bond donors (Lipinski definition) is 0. The molecule has 4 nitrogen and oxygen atoms in total. The second-order valence-electron chi connectivity index (χ2n) is 6.57. The molecule has 2 saturated heterocycles. The quantitative estimate of drug-likeness (QED) is 0.555. The van der Waals surface area contributed by atoms with Crippen molar-refractivity contribution in [3.05, 3.63) is 0 Å². The molecular formula is C14H20O4. The normalized spacial score (nSPS) is 53.1. The topological polar surface area (TPSA) is 51.4 Å². The minimum absolute atomic E-state index is 0.0134. The summed E-state index contributed by atoms with van der Waals surface area (Å²) in [4.78, 5) is 12.4. The van der Waals surface area contributed by atoms with Crippen LogP contribution < -0.4 is 0 Å². The molecule has 0 N–H and O–H groups in total.